The van der Waals surface area contributed by atoms with Crippen molar-refractivity contribution in [2.45, 2.75) is 46.1 Å². The molecule has 0 aliphatic heterocycles. The summed E-state index contributed by atoms with van der Waals surface area (Å²) >= 11 is 0. The molecule has 0 aromatic heterocycles. The lowest BCUT2D eigenvalue weighted by Crippen LogP contribution is -2.16. The van der Waals surface area contributed by atoms with Crippen molar-refractivity contribution in [2.75, 3.05) is 6.54 Å². The standard InChI is InChI=1S/C20H27NO/c1-14(2)22-19-7-5-6-17(12-19)11-18(13-21)20-10-15(3)8-9-16(20)4/h5-10,12,14,18H,11,13,21H2,1-4H3. The van der Waals surface area contributed by atoms with Crippen molar-refractivity contribution in [1.82, 2.24) is 0 Å². The van der Waals surface area contributed by atoms with E-state index < -0.39 is 0 Å². The lowest BCUT2D eigenvalue weighted by Gasteiger charge is -2.19. The van der Waals surface area contributed by atoms with E-state index >= 15 is 0 Å². The molecule has 2 nitrogen and oxygen atoms in total. The maximum absolute atomic E-state index is 6.06. The normalized spacial score (nSPS) is 12.5. The summed E-state index contributed by atoms with van der Waals surface area (Å²) in [6.07, 6.45) is 1.13. The summed E-state index contributed by atoms with van der Waals surface area (Å²) in [6, 6.07) is 15.0. The predicted octanol–water partition coefficient (Wildman–Crippen LogP) is 4.38. The second-order valence-corrected chi connectivity index (χ2v) is 6.31. The van der Waals surface area contributed by atoms with Gasteiger partial charge in [-0.1, -0.05) is 35.9 Å². The molecule has 2 heteroatoms. The van der Waals surface area contributed by atoms with Gasteiger partial charge in [0.25, 0.3) is 0 Å². The molecule has 2 rings (SSSR count). The molecule has 0 heterocycles. The van der Waals surface area contributed by atoms with Gasteiger partial charge in [0.15, 0.2) is 0 Å². The zero-order chi connectivity index (χ0) is 16.1. The van der Waals surface area contributed by atoms with Gasteiger partial charge in [0.05, 0.1) is 6.10 Å². The zero-order valence-corrected chi connectivity index (χ0v) is 14.1. The van der Waals surface area contributed by atoms with Crippen molar-refractivity contribution in [1.29, 1.82) is 0 Å². The van der Waals surface area contributed by atoms with Crippen LogP contribution in [0.2, 0.25) is 0 Å². The third-order valence-electron chi connectivity index (χ3n) is 3.91. The van der Waals surface area contributed by atoms with Crippen LogP contribution in [-0.2, 0) is 6.42 Å². The van der Waals surface area contributed by atoms with Crippen LogP contribution < -0.4 is 10.5 Å². The van der Waals surface area contributed by atoms with Gasteiger partial charge in [0.1, 0.15) is 5.75 Å². The van der Waals surface area contributed by atoms with E-state index in [1.807, 2.05) is 19.9 Å². The largest absolute Gasteiger partial charge is 0.491 e. The molecule has 0 fully saturated rings. The van der Waals surface area contributed by atoms with E-state index in [4.69, 9.17) is 10.5 Å². The molecule has 2 aromatic rings. The Morgan fingerprint density at radius 3 is 2.50 bits per heavy atom. The average Bonchev–Trinajstić information content (AvgIpc) is 2.47. The van der Waals surface area contributed by atoms with Crippen molar-refractivity contribution < 1.29 is 4.74 Å². The highest BCUT2D eigenvalue weighted by molar-refractivity contribution is 5.36. The molecule has 1 atom stereocenters. The highest BCUT2D eigenvalue weighted by Gasteiger charge is 2.14. The molecule has 0 bridgehead atoms. The molecular weight excluding hydrogens is 270 g/mol. The SMILES string of the molecule is Cc1ccc(C)c(C(CN)Cc2cccc(OC(C)C)c2)c1. The van der Waals surface area contributed by atoms with Gasteiger partial charge >= 0.3 is 0 Å². The quantitative estimate of drug-likeness (QED) is 0.859. The van der Waals surface area contributed by atoms with E-state index in [0.29, 0.717) is 12.5 Å². The topological polar surface area (TPSA) is 35.2 Å². The van der Waals surface area contributed by atoms with Gasteiger partial charge in [0, 0.05) is 5.92 Å². The molecule has 1 unspecified atom stereocenters. The zero-order valence-electron chi connectivity index (χ0n) is 14.1. The van der Waals surface area contributed by atoms with E-state index in [9.17, 15) is 0 Å². The highest BCUT2D eigenvalue weighted by Crippen LogP contribution is 2.26. The number of ether oxygens (including phenoxy) is 1. The summed E-state index contributed by atoms with van der Waals surface area (Å²) in [5.74, 6) is 1.28. The number of rotatable bonds is 6. The van der Waals surface area contributed by atoms with Gasteiger partial charge in [-0.2, -0.15) is 0 Å². The first-order chi connectivity index (χ1) is 10.5. The molecule has 2 aromatic carbocycles. The second kappa shape index (κ2) is 7.46. The van der Waals surface area contributed by atoms with Crippen LogP contribution in [-0.4, -0.2) is 12.6 Å². The lowest BCUT2D eigenvalue weighted by molar-refractivity contribution is 0.242. The Morgan fingerprint density at radius 2 is 1.82 bits per heavy atom. The Labute approximate surface area is 134 Å². The van der Waals surface area contributed by atoms with Gasteiger partial charge in [-0.25, -0.2) is 0 Å². The van der Waals surface area contributed by atoms with Gasteiger partial charge in [-0.3, -0.25) is 0 Å². The Hall–Kier alpha value is -1.80. The first-order valence-electron chi connectivity index (χ1n) is 8.02. The molecule has 118 valence electrons. The predicted molar refractivity (Wildman–Crippen MR) is 93.6 cm³/mol. The van der Waals surface area contributed by atoms with Crippen LogP contribution >= 0.6 is 0 Å². The first-order valence-corrected chi connectivity index (χ1v) is 8.02. The van der Waals surface area contributed by atoms with Crippen molar-refractivity contribution >= 4 is 0 Å². The molecule has 0 aliphatic rings. The maximum atomic E-state index is 6.06. The Kier molecular flexibility index (Phi) is 5.62. The molecule has 0 saturated heterocycles. The number of benzene rings is 2. The molecule has 0 saturated carbocycles. The summed E-state index contributed by atoms with van der Waals surface area (Å²) in [6.45, 7) is 9.04. The first kappa shape index (κ1) is 16.6. The molecule has 0 aliphatic carbocycles. The van der Waals surface area contributed by atoms with Gasteiger partial charge in [-0.05, 0) is 69.5 Å². The third-order valence-corrected chi connectivity index (χ3v) is 3.91. The fraction of sp³-hybridized carbons (Fsp3) is 0.400. The second-order valence-electron chi connectivity index (χ2n) is 6.31. The van der Waals surface area contributed by atoms with Crippen LogP contribution in [0.1, 0.15) is 42.0 Å². The Bertz CT molecular complexity index is 619. The fourth-order valence-corrected chi connectivity index (χ4v) is 2.82. The highest BCUT2D eigenvalue weighted by atomic mass is 16.5. The number of nitrogens with two attached hydrogens (primary N) is 1. The fourth-order valence-electron chi connectivity index (χ4n) is 2.82. The van der Waals surface area contributed by atoms with E-state index in [2.05, 4.69) is 50.2 Å². The van der Waals surface area contributed by atoms with E-state index in [1.165, 1.54) is 22.3 Å². The Morgan fingerprint density at radius 1 is 1.05 bits per heavy atom. The van der Waals surface area contributed by atoms with Crippen LogP contribution in [0.15, 0.2) is 42.5 Å². The van der Waals surface area contributed by atoms with Crippen molar-refractivity contribution in [3.8, 4) is 5.75 Å². The van der Waals surface area contributed by atoms with Gasteiger partial charge in [-0.15, -0.1) is 0 Å². The van der Waals surface area contributed by atoms with Crippen molar-refractivity contribution in [3.05, 3.63) is 64.7 Å². The van der Waals surface area contributed by atoms with E-state index in [0.717, 1.165) is 12.2 Å². The van der Waals surface area contributed by atoms with Crippen LogP contribution in [0, 0.1) is 13.8 Å². The monoisotopic (exact) mass is 297 g/mol. The summed E-state index contributed by atoms with van der Waals surface area (Å²) < 4.78 is 5.79. The van der Waals surface area contributed by atoms with E-state index in [-0.39, 0.29) is 6.10 Å². The minimum Gasteiger partial charge on any atom is -0.491 e. The van der Waals surface area contributed by atoms with Crippen LogP contribution in [0.25, 0.3) is 0 Å². The van der Waals surface area contributed by atoms with Crippen LogP contribution in [0.4, 0.5) is 0 Å². The van der Waals surface area contributed by atoms with E-state index in [1.54, 1.807) is 0 Å². The molecule has 0 radical (unpaired) electrons. The lowest BCUT2D eigenvalue weighted by atomic mass is 9.88. The molecule has 22 heavy (non-hydrogen) atoms. The summed E-state index contributed by atoms with van der Waals surface area (Å²) in [5, 5.41) is 0. The summed E-state index contributed by atoms with van der Waals surface area (Å²) in [4.78, 5) is 0. The molecular formula is C20H27NO. The number of hydrogen-bond acceptors (Lipinski definition) is 2. The van der Waals surface area contributed by atoms with Crippen LogP contribution in [0.3, 0.4) is 0 Å². The van der Waals surface area contributed by atoms with Gasteiger partial charge < -0.3 is 10.5 Å². The summed E-state index contributed by atoms with van der Waals surface area (Å²) in [5.41, 5.74) is 11.3. The third kappa shape index (κ3) is 4.35. The molecule has 0 amide bonds. The Balaban J connectivity index is 2.21. The number of aryl methyl sites for hydroxylation is 2. The van der Waals surface area contributed by atoms with Crippen molar-refractivity contribution in [2.24, 2.45) is 5.73 Å². The summed E-state index contributed by atoms with van der Waals surface area (Å²) in [7, 11) is 0. The average molecular weight is 297 g/mol. The number of hydrogen-bond donors (Lipinski definition) is 1. The van der Waals surface area contributed by atoms with Crippen LogP contribution in [0.5, 0.6) is 5.75 Å². The molecule has 2 N–H and O–H groups in total. The minimum absolute atomic E-state index is 0.194. The van der Waals surface area contributed by atoms with Gasteiger partial charge in [0.2, 0.25) is 0 Å². The minimum atomic E-state index is 0.194. The maximum Gasteiger partial charge on any atom is 0.119 e. The van der Waals surface area contributed by atoms with Crippen molar-refractivity contribution in [3.63, 3.8) is 0 Å². The smallest absolute Gasteiger partial charge is 0.119 e. The molecule has 0 spiro atoms.